The zero-order valence-electron chi connectivity index (χ0n) is 14.2. The Hall–Kier alpha value is -3.77. The van der Waals surface area contributed by atoms with Gasteiger partial charge in [0.2, 0.25) is 21.9 Å². The third kappa shape index (κ3) is 3.82. The molecule has 2 aromatic carbocycles. The van der Waals surface area contributed by atoms with Gasteiger partial charge in [0.05, 0.1) is 22.3 Å². The predicted octanol–water partition coefficient (Wildman–Crippen LogP) is 1.51. The number of hydrogen-bond acceptors (Lipinski definition) is 9. The SMILES string of the molecule is Nc1nc(Nc2ccc(S(N)(=O)=O)cc2)nc(Oc2ccc3nc[nH]c3c2)n1. The van der Waals surface area contributed by atoms with Gasteiger partial charge in [0.15, 0.2) is 0 Å². The molecule has 0 aliphatic heterocycles. The van der Waals surface area contributed by atoms with Gasteiger partial charge in [0, 0.05) is 11.8 Å². The lowest BCUT2D eigenvalue weighted by molar-refractivity contribution is 0.442. The average molecular weight is 398 g/mol. The molecule has 0 bridgehead atoms. The van der Waals surface area contributed by atoms with Crippen LogP contribution in [0.5, 0.6) is 11.8 Å². The Kier molecular flexibility index (Phi) is 4.25. The zero-order chi connectivity index (χ0) is 19.7. The van der Waals surface area contributed by atoms with Crippen molar-refractivity contribution in [3.63, 3.8) is 0 Å². The maximum Gasteiger partial charge on any atom is 0.328 e. The second kappa shape index (κ2) is 6.75. The molecule has 0 aliphatic rings. The number of aromatic amines is 1. The number of nitrogen functional groups attached to an aromatic ring is 1. The molecule has 4 aromatic rings. The summed E-state index contributed by atoms with van der Waals surface area (Å²) in [6.45, 7) is 0. The van der Waals surface area contributed by atoms with E-state index in [1.54, 1.807) is 24.5 Å². The first kappa shape index (κ1) is 17.6. The highest BCUT2D eigenvalue weighted by Crippen LogP contribution is 2.24. The van der Waals surface area contributed by atoms with Crippen LogP contribution in [0.4, 0.5) is 17.6 Å². The summed E-state index contributed by atoms with van der Waals surface area (Å²) in [7, 11) is -3.77. The number of anilines is 3. The fourth-order valence-electron chi connectivity index (χ4n) is 2.41. The first-order valence-electron chi connectivity index (χ1n) is 7.89. The molecule has 0 fully saturated rings. The van der Waals surface area contributed by atoms with E-state index in [-0.39, 0.29) is 22.8 Å². The molecule has 2 aromatic heterocycles. The van der Waals surface area contributed by atoms with Gasteiger partial charge >= 0.3 is 6.01 Å². The number of hydrogen-bond donors (Lipinski definition) is 4. The molecule has 0 spiro atoms. The minimum Gasteiger partial charge on any atom is -0.424 e. The van der Waals surface area contributed by atoms with Crippen LogP contribution >= 0.6 is 0 Å². The summed E-state index contributed by atoms with van der Waals surface area (Å²) < 4.78 is 28.3. The smallest absolute Gasteiger partial charge is 0.328 e. The highest BCUT2D eigenvalue weighted by atomic mass is 32.2. The van der Waals surface area contributed by atoms with E-state index in [0.29, 0.717) is 11.4 Å². The molecule has 11 nitrogen and oxygen atoms in total. The highest BCUT2D eigenvalue weighted by molar-refractivity contribution is 7.89. The van der Waals surface area contributed by atoms with Gasteiger partial charge in [0.1, 0.15) is 5.75 Å². The number of nitrogens with two attached hydrogens (primary N) is 2. The van der Waals surface area contributed by atoms with E-state index in [1.807, 2.05) is 0 Å². The first-order chi connectivity index (χ1) is 13.4. The van der Waals surface area contributed by atoms with Crippen LogP contribution in [0.3, 0.4) is 0 Å². The largest absolute Gasteiger partial charge is 0.424 e. The number of aromatic nitrogens is 5. The lowest BCUT2D eigenvalue weighted by atomic mass is 10.3. The molecule has 2 heterocycles. The fraction of sp³-hybridized carbons (Fsp3) is 0. The van der Waals surface area contributed by atoms with E-state index in [2.05, 4.69) is 30.2 Å². The number of nitrogens with one attached hydrogen (secondary N) is 2. The van der Waals surface area contributed by atoms with Crippen LogP contribution in [-0.2, 0) is 10.0 Å². The van der Waals surface area contributed by atoms with Gasteiger partial charge in [0.25, 0.3) is 0 Å². The Labute approximate surface area is 158 Å². The number of sulfonamides is 1. The van der Waals surface area contributed by atoms with Gasteiger partial charge < -0.3 is 20.8 Å². The highest BCUT2D eigenvalue weighted by Gasteiger charge is 2.10. The van der Waals surface area contributed by atoms with Gasteiger partial charge in [-0.25, -0.2) is 18.5 Å². The Bertz CT molecular complexity index is 1250. The molecule has 0 atom stereocenters. The van der Waals surface area contributed by atoms with Crippen LogP contribution in [0.15, 0.2) is 53.7 Å². The number of primary sulfonamides is 1. The summed E-state index contributed by atoms with van der Waals surface area (Å²) in [5, 5.41) is 7.98. The molecule has 12 heteroatoms. The minimum absolute atomic E-state index is 0.00461. The molecule has 6 N–H and O–H groups in total. The van der Waals surface area contributed by atoms with E-state index in [0.717, 1.165) is 11.0 Å². The summed E-state index contributed by atoms with van der Waals surface area (Å²) in [6.07, 6.45) is 1.58. The number of imidazole rings is 1. The summed E-state index contributed by atoms with van der Waals surface area (Å²) >= 11 is 0. The second-order valence-electron chi connectivity index (χ2n) is 5.68. The van der Waals surface area contributed by atoms with Crippen molar-refractivity contribution in [3.8, 4) is 11.8 Å². The molecule has 0 amide bonds. The Morgan fingerprint density at radius 3 is 2.57 bits per heavy atom. The van der Waals surface area contributed by atoms with Crippen molar-refractivity contribution in [2.75, 3.05) is 11.1 Å². The Morgan fingerprint density at radius 2 is 1.82 bits per heavy atom. The summed E-state index contributed by atoms with van der Waals surface area (Å²) in [4.78, 5) is 19.2. The maximum absolute atomic E-state index is 11.3. The minimum atomic E-state index is -3.77. The average Bonchev–Trinajstić information content (AvgIpc) is 3.08. The van der Waals surface area contributed by atoms with Crippen LogP contribution < -0.4 is 20.9 Å². The molecule has 0 radical (unpaired) electrons. The molecular weight excluding hydrogens is 384 g/mol. The van der Waals surface area contributed by atoms with Crippen molar-refractivity contribution in [3.05, 3.63) is 48.8 Å². The van der Waals surface area contributed by atoms with Crippen LogP contribution in [0.1, 0.15) is 0 Å². The van der Waals surface area contributed by atoms with E-state index in [9.17, 15) is 8.42 Å². The number of fused-ring (bicyclic) bond motifs is 1. The molecule has 0 aliphatic carbocycles. The second-order valence-corrected chi connectivity index (χ2v) is 7.24. The molecule has 4 rings (SSSR count). The van der Waals surface area contributed by atoms with E-state index < -0.39 is 10.0 Å². The molecule has 0 saturated carbocycles. The van der Waals surface area contributed by atoms with Crippen molar-refractivity contribution in [2.24, 2.45) is 5.14 Å². The van der Waals surface area contributed by atoms with Gasteiger partial charge in [-0.3, -0.25) is 0 Å². The van der Waals surface area contributed by atoms with Crippen LogP contribution in [0.2, 0.25) is 0 Å². The van der Waals surface area contributed by atoms with Crippen LogP contribution in [-0.4, -0.2) is 33.3 Å². The monoisotopic (exact) mass is 398 g/mol. The normalized spacial score (nSPS) is 11.5. The lowest BCUT2D eigenvalue weighted by Gasteiger charge is -2.08. The molecule has 0 saturated heterocycles. The fourth-order valence-corrected chi connectivity index (χ4v) is 2.93. The molecule has 0 unspecified atom stereocenters. The first-order valence-corrected chi connectivity index (χ1v) is 9.44. The predicted molar refractivity (Wildman–Crippen MR) is 102 cm³/mol. The van der Waals surface area contributed by atoms with Crippen LogP contribution in [0, 0.1) is 0 Å². The number of rotatable bonds is 5. The van der Waals surface area contributed by atoms with E-state index in [1.165, 1.54) is 24.3 Å². The van der Waals surface area contributed by atoms with Gasteiger partial charge in [-0.15, -0.1) is 0 Å². The van der Waals surface area contributed by atoms with E-state index in [4.69, 9.17) is 15.6 Å². The van der Waals surface area contributed by atoms with Gasteiger partial charge in [-0.05, 0) is 36.4 Å². The third-order valence-electron chi connectivity index (χ3n) is 3.67. The number of nitrogens with zero attached hydrogens (tertiary/aromatic N) is 4. The maximum atomic E-state index is 11.3. The van der Waals surface area contributed by atoms with Crippen molar-refractivity contribution in [1.29, 1.82) is 0 Å². The van der Waals surface area contributed by atoms with Crippen molar-refractivity contribution in [1.82, 2.24) is 24.9 Å². The molecule has 142 valence electrons. The van der Waals surface area contributed by atoms with Crippen molar-refractivity contribution >= 4 is 38.6 Å². The van der Waals surface area contributed by atoms with Gasteiger partial charge in [-0.2, -0.15) is 15.0 Å². The van der Waals surface area contributed by atoms with Crippen molar-refractivity contribution < 1.29 is 13.2 Å². The number of H-pyrrole nitrogens is 1. The Balaban J connectivity index is 1.56. The standard InChI is InChI=1S/C16H14N8O3S/c17-14-22-15(21-9-1-4-11(5-2-9)28(18,25)26)24-16(23-14)27-10-3-6-12-13(7-10)20-8-19-12/h1-8H,(H,19,20)(H2,18,25,26)(H3,17,21,22,23,24). The lowest BCUT2D eigenvalue weighted by Crippen LogP contribution is -2.12. The zero-order valence-corrected chi connectivity index (χ0v) is 15.0. The van der Waals surface area contributed by atoms with Gasteiger partial charge in [-0.1, -0.05) is 0 Å². The molecule has 28 heavy (non-hydrogen) atoms. The quantitative estimate of drug-likeness (QED) is 0.388. The number of benzene rings is 2. The summed E-state index contributed by atoms with van der Waals surface area (Å²) in [5.74, 6) is 0.579. The summed E-state index contributed by atoms with van der Waals surface area (Å²) in [5.41, 5.74) is 7.86. The topological polar surface area (TPSA) is 175 Å². The summed E-state index contributed by atoms with van der Waals surface area (Å²) in [6, 6.07) is 11.0. The van der Waals surface area contributed by atoms with Crippen molar-refractivity contribution in [2.45, 2.75) is 4.90 Å². The third-order valence-corrected chi connectivity index (χ3v) is 4.60. The van der Waals surface area contributed by atoms with Crippen LogP contribution in [0.25, 0.3) is 11.0 Å². The Morgan fingerprint density at radius 1 is 1.04 bits per heavy atom. The molecular formula is C16H14N8O3S. The van der Waals surface area contributed by atoms with E-state index >= 15 is 0 Å². The number of ether oxygens (including phenoxy) is 1.